The molecule has 2 N–H and O–H groups in total. The Morgan fingerprint density at radius 3 is 2.69 bits per heavy atom. The van der Waals surface area contributed by atoms with Crippen LogP contribution in [0.1, 0.15) is 38.2 Å². The molecule has 7 heteroatoms. The first-order chi connectivity index (χ1) is 14.0. The highest BCUT2D eigenvalue weighted by molar-refractivity contribution is 9.10. The molecule has 1 saturated heterocycles. The number of carbonyl (C=O) groups is 1. The molecule has 0 bridgehead atoms. The van der Waals surface area contributed by atoms with Crippen LogP contribution in [0.4, 0.5) is 5.00 Å². The number of ether oxygens (including phenoxy) is 1. The van der Waals surface area contributed by atoms with Gasteiger partial charge in [-0.05, 0) is 43.7 Å². The van der Waals surface area contributed by atoms with Crippen LogP contribution in [0, 0.1) is 13.8 Å². The van der Waals surface area contributed by atoms with Gasteiger partial charge in [0.1, 0.15) is 24.1 Å². The normalized spacial score (nSPS) is 16.0. The molecule has 0 spiro atoms. The average molecular weight is 476 g/mol. The number of anilines is 1. The summed E-state index contributed by atoms with van der Waals surface area (Å²) in [6.45, 7) is 7.60. The molecule has 29 heavy (non-hydrogen) atoms. The van der Waals surface area contributed by atoms with Gasteiger partial charge in [-0.1, -0.05) is 28.1 Å². The van der Waals surface area contributed by atoms with Crippen molar-refractivity contribution in [1.29, 1.82) is 0 Å². The Morgan fingerprint density at radius 1 is 1.21 bits per heavy atom. The van der Waals surface area contributed by atoms with Crippen LogP contribution < -0.4 is 10.2 Å². The Balaban J connectivity index is 1.78. The summed E-state index contributed by atoms with van der Waals surface area (Å²) >= 11 is 5.25. The van der Waals surface area contributed by atoms with E-state index in [-0.39, 0.29) is 11.9 Å². The van der Waals surface area contributed by atoms with Crippen molar-refractivity contribution in [2.24, 2.45) is 0 Å². The maximum Gasteiger partial charge on any atom is 0.291 e. The molecule has 2 aromatic heterocycles. The Hall–Kier alpha value is -1.93. The molecule has 1 fully saturated rings. The van der Waals surface area contributed by atoms with Crippen LogP contribution in [0.5, 0.6) is 0 Å². The van der Waals surface area contributed by atoms with E-state index in [4.69, 9.17) is 9.15 Å². The van der Waals surface area contributed by atoms with E-state index in [9.17, 15) is 4.79 Å². The van der Waals surface area contributed by atoms with Crippen molar-refractivity contribution in [3.63, 3.8) is 0 Å². The minimum Gasteiger partial charge on any atom is -0.459 e. The van der Waals surface area contributed by atoms with Crippen LogP contribution in [-0.2, 0) is 4.74 Å². The van der Waals surface area contributed by atoms with Crippen LogP contribution in [0.25, 0.3) is 0 Å². The zero-order valence-corrected chi connectivity index (χ0v) is 18.9. The van der Waals surface area contributed by atoms with Gasteiger partial charge >= 0.3 is 0 Å². The van der Waals surface area contributed by atoms with Crippen molar-refractivity contribution in [3.05, 3.63) is 74.5 Å². The van der Waals surface area contributed by atoms with Gasteiger partial charge in [-0.3, -0.25) is 4.79 Å². The van der Waals surface area contributed by atoms with Gasteiger partial charge in [0.25, 0.3) is 5.91 Å². The molecule has 1 aliphatic rings. The number of thiophene rings is 1. The second kappa shape index (κ2) is 8.83. The summed E-state index contributed by atoms with van der Waals surface area (Å²) in [5.74, 6) is 0.0971. The third-order valence-electron chi connectivity index (χ3n) is 5.42. The second-order valence-electron chi connectivity index (χ2n) is 7.22. The summed E-state index contributed by atoms with van der Waals surface area (Å²) in [6, 6.07) is 12.0. The molecular formula is C22H24BrN2O3S+. The van der Waals surface area contributed by atoms with E-state index in [0.717, 1.165) is 35.8 Å². The lowest BCUT2D eigenvalue weighted by Crippen LogP contribution is -3.14. The molecule has 3 aromatic rings. The molecule has 1 aliphatic heterocycles. The predicted molar refractivity (Wildman–Crippen MR) is 118 cm³/mol. The number of carbonyl (C=O) groups excluding carboxylic acids is 1. The number of amides is 1. The summed E-state index contributed by atoms with van der Waals surface area (Å²) < 4.78 is 12.0. The minimum absolute atomic E-state index is 0.119. The van der Waals surface area contributed by atoms with Crippen molar-refractivity contribution < 1.29 is 18.8 Å². The van der Waals surface area contributed by atoms with E-state index in [1.54, 1.807) is 23.5 Å². The SMILES string of the molecule is Cc1sc(NC(=O)c2ccco2)c(C(c2cccc(Br)c2)[NH+]2CCOCC2)c1C. The smallest absolute Gasteiger partial charge is 0.291 e. The second-order valence-corrected chi connectivity index (χ2v) is 9.36. The van der Waals surface area contributed by atoms with Crippen LogP contribution in [0.3, 0.4) is 0 Å². The van der Waals surface area contributed by atoms with Gasteiger partial charge in [-0.2, -0.15) is 0 Å². The predicted octanol–water partition coefficient (Wildman–Crippen LogP) is 3.98. The van der Waals surface area contributed by atoms with Crippen molar-refractivity contribution in [2.45, 2.75) is 19.9 Å². The van der Waals surface area contributed by atoms with Crippen molar-refractivity contribution in [1.82, 2.24) is 0 Å². The summed E-state index contributed by atoms with van der Waals surface area (Å²) in [6.07, 6.45) is 1.52. The summed E-state index contributed by atoms with van der Waals surface area (Å²) in [5, 5.41) is 4.00. The zero-order chi connectivity index (χ0) is 20.4. The number of furan rings is 1. The van der Waals surface area contributed by atoms with E-state index in [0.29, 0.717) is 5.76 Å². The summed E-state index contributed by atoms with van der Waals surface area (Å²) in [5.41, 5.74) is 3.64. The quantitative estimate of drug-likeness (QED) is 0.586. The lowest BCUT2D eigenvalue weighted by atomic mass is 9.94. The monoisotopic (exact) mass is 475 g/mol. The van der Waals surface area contributed by atoms with E-state index < -0.39 is 0 Å². The molecule has 152 valence electrons. The van der Waals surface area contributed by atoms with E-state index in [1.165, 1.54) is 32.7 Å². The van der Waals surface area contributed by atoms with Crippen molar-refractivity contribution in [2.75, 3.05) is 31.6 Å². The van der Waals surface area contributed by atoms with Crippen LogP contribution >= 0.6 is 27.3 Å². The standard InChI is InChI=1S/C22H23BrN2O3S/c1-14-15(2)29-22(24-21(26)18-7-4-10-28-18)19(14)20(25-8-11-27-12-9-25)16-5-3-6-17(23)13-16/h3-7,10,13,20H,8-9,11-12H2,1-2H3,(H,24,26)/p+1. The average Bonchev–Trinajstić information content (AvgIpc) is 3.34. The first-order valence-corrected chi connectivity index (χ1v) is 11.3. The molecule has 0 radical (unpaired) electrons. The van der Waals surface area contributed by atoms with Gasteiger partial charge in [0.05, 0.1) is 25.0 Å². The lowest BCUT2D eigenvalue weighted by molar-refractivity contribution is -0.933. The van der Waals surface area contributed by atoms with E-state index in [1.807, 2.05) is 6.07 Å². The largest absolute Gasteiger partial charge is 0.459 e. The Labute approximate surface area is 182 Å². The molecule has 1 aromatic carbocycles. The maximum absolute atomic E-state index is 12.7. The third kappa shape index (κ3) is 4.33. The van der Waals surface area contributed by atoms with Gasteiger partial charge in [-0.15, -0.1) is 11.3 Å². The topological polar surface area (TPSA) is 55.9 Å². The zero-order valence-electron chi connectivity index (χ0n) is 16.5. The molecule has 4 rings (SSSR count). The third-order valence-corrected chi connectivity index (χ3v) is 7.05. The Bertz CT molecular complexity index is 994. The molecule has 1 unspecified atom stereocenters. The molecule has 0 saturated carbocycles. The van der Waals surface area contributed by atoms with Gasteiger partial charge in [0.15, 0.2) is 5.76 Å². The van der Waals surface area contributed by atoms with E-state index in [2.05, 4.69) is 53.3 Å². The fourth-order valence-corrected chi connectivity index (χ4v) is 5.38. The molecule has 1 amide bonds. The van der Waals surface area contributed by atoms with Gasteiger partial charge < -0.3 is 19.4 Å². The van der Waals surface area contributed by atoms with Crippen molar-refractivity contribution in [3.8, 4) is 0 Å². The van der Waals surface area contributed by atoms with Gasteiger partial charge in [-0.25, -0.2) is 0 Å². The number of hydrogen-bond donors (Lipinski definition) is 2. The van der Waals surface area contributed by atoms with E-state index >= 15 is 0 Å². The molecule has 0 aliphatic carbocycles. The fourth-order valence-electron chi connectivity index (χ4n) is 3.87. The summed E-state index contributed by atoms with van der Waals surface area (Å²) in [4.78, 5) is 15.4. The maximum atomic E-state index is 12.7. The van der Waals surface area contributed by atoms with Gasteiger partial charge in [0.2, 0.25) is 0 Å². The van der Waals surface area contributed by atoms with Crippen LogP contribution in [0.15, 0.2) is 51.6 Å². The number of quaternary nitrogens is 1. The molecule has 5 nitrogen and oxygen atoms in total. The number of aryl methyl sites for hydroxylation is 1. The van der Waals surface area contributed by atoms with Gasteiger partial charge in [0, 0.05) is 14.9 Å². The summed E-state index contributed by atoms with van der Waals surface area (Å²) in [7, 11) is 0. The first-order valence-electron chi connectivity index (χ1n) is 9.67. The van der Waals surface area contributed by atoms with Crippen molar-refractivity contribution >= 4 is 38.2 Å². The Morgan fingerprint density at radius 2 is 2.00 bits per heavy atom. The molecule has 3 heterocycles. The fraction of sp³-hybridized carbons (Fsp3) is 0.318. The van der Waals surface area contributed by atoms with Crippen LogP contribution in [-0.4, -0.2) is 32.2 Å². The molecular weight excluding hydrogens is 452 g/mol. The molecule has 1 atom stereocenters. The number of hydrogen-bond acceptors (Lipinski definition) is 4. The highest BCUT2D eigenvalue weighted by Crippen LogP contribution is 2.39. The number of nitrogens with one attached hydrogen (secondary N) is 2. The van der Waals surface area contributed by atoms with Crippen LogP contribution in [0.2, 0.25) is 0 Å². The lowest BCUT2D eigenvalue weighted by Gasteiger charge is -2.32. The number of rotatable bonds is 5. The Kier molecular flexibility index (Phi) is 6.20. The minimum atomic E-state index is -0.220. The number of morpholine rings is 1. The highest BCUT2D eigenvalue weighted by atomic mass is 79.9. The number of benzene rings is 1. The highest BCUT2D eigenvalue weighted by Gasteiger charge is 2.34. The first kappa shape index (κ1) is 20.3. The number of halogens is 1.